The zero-order valence-electron chi connectivity index (χ0n) is 17.5. The highest BCUT2D eigenvalue weighted by Gasteiger charge is 2.31. The molecule has 6 nitrogen and oxygen atoms in total. The summed E-state index contributed by atoms with van der Waals surface area (Å²) in [5.74, 6) is 0.339. The minimum Gasteiger partial charge on any atom is -0.325 e. The Balaban J connectivity index is 1.58. The van der Waals surface area contributed by atoms with Gasteiger partial charge in [-0.1, -0.05) is 43.6 Å². The molecule has 0 saturated carbocycles. The van der Waals surface area contributed by atoms with Crippen LogP contribution in [0.1, 0.15) is 32.3 Å². The van der Waals surface area contributed by atoms with Crippen molar-refractivity contribution < 1.29 is 13.2 Å². The average Bonchev–Trinajstić information content (AvgIpc) is 2.73. The van der Waals surface area contributed by atoms with Crippen molar-refractivity contribution in [3.63, 3.8) is 0 Å². The Morgan fingerprint density at radius 1 is 1.00 bits per heavy atom. The fourth-order valence-electron chi connectivity index (χ4n) is 3.47. The third kappa shape index (κ3) is 5.21. The van der Waals surface area contributed by atoms with Crippen molar-refractivity contribution in [1.29, 1.82) is 0 Å². The van der Waals surface area contributed by atoms with Gasteiger partial charge in [-0.15, -0.1) is 0 Å². The summed E-state index contributed by atoms with van der Waals surface area (Å²) in [6.07, 6.45) is 0. The number of nitrogens with one attached hydrogen (secondary N) is 1. The van der Waals surface area contributed by atoms with Gasteiger partial charge in [-0.3, -0.25) is 9.69 Å². The summed E-state index contributed by atoms with van der Waals surface area (Å²) in [5.41, 5.74) is 1.98. The predicted octanol–water partition coefficient (Wildman–Crippen LogP) is 3.80. The van der Waals surface area contributed by atoms with Crippen LogP contribution in [-0.2, 0) is 14.8 Å². The number of piperazine rings is 1. The van der Waals surface area contributed by atoms with Crippen LogP contribution < -0.4 is 5.32 Å². The van der Waals surface area contributed by atoms with Crippen LogP contribution in [0.5, 0.6) is 0 Å². The van der Waals surface area contributed by atoms with Crippen LogP contribution in [0.4, 0.5) is 5.69 Å². The maximum Gasteiger partial charge on any atom is 0.243 e. The van der Waals surface area contributed by atoms with Gasteiger partial charge in [0.25, 0.3) is 0 Å². The molecule has 1 fully saturated rings. The monoisotopic (exact) mass is 449 g/mol. The Morgan fingerprint density at radius 2 is 1.63 bits per heavy atom. The number of carbonyl (C=O) groups is 1. The summed E-state index contributed by atoms with van der Waals surface area (Å²) in [4.78, 5) is 14.9. The molecule has 1 N–H and O–H groups in total. The third-order valence-electron chi connectivity index (χ3n) is 5.48. The standard InChI is InChI=1S/C22H28ClN3O3S/c1-16(2)18-7-9-20(10-8-18)24-22(27)17(3)25-11-13-26(14-12-25)30(28,29)21-6-4-5-19(23)15-21/h4-10,15-17H,11-14H2,1-3H3,(H,24,27)/t17-/m1/s1. The fourth-order valence-corrected chi connectivity index (χ4v) is 5.20. The van der Waals surface area contributed by atoms with E-state index >= 15 is 0 Å². The van der Waals surface area contributed by atoms with E-state index in [1.807, 2.05) is 36.1 Å². The highest BCUT2D eigenvalue weighted by molar-refractivity contribution is 7.89. The Labute approximate surface area is 183 Å². The third-order valence-corrected chi connectivity index (χ3v) is 7.61. The number of anilines is 1. The van der Waals surface area contributed by atoms with Gasteiger partial charge in [0.1, 0.15) is 0 Å². The molecular weight excluding hydrogens is 422 g/mol. The molecule has 1 amide bonds. The van der Waals surface area contributed by atoms with Crippen molar-refractivity contribution in [2.24, 2.45) is 0 Å². The molecule has 1 atom stereocenters. The van der Waals surface area contributed by atoms with E-state index in [1.165, 1.54) is 15.9 Å². The summed E-state index contributed by atoms with van der Waals surface area (Å²) < 4.78 is 27.1. The predicted molar refractivity (Wildman–Crippen MR) is 120 cm³/mol. The highest BCUT2D eigenvalue weighted by Crippen LogP contribution is 2.22. The van der Waals surface area contributed by atoms with Crippen molar-refractivity contribution >= 4 is 33.2 Å². The van der Waals surface area contributed by atoms with E-state index in [2.05, 4.69) is 19.2 Å². The topological polar surface area (TPSA) is 69.7 Å². The first-order valence-electron chi connectivity index (χ1n) is 10.1. The van der Waals surface area contributed by atoms with Crippen molar-refractivity contribution in [2.45, 2.75) is 37.6 Å². The first kappa shape index (κ1) is 22.7. The molecule has 1 aliphatic rings. The number of halogens is 1. The molecule has 0 bridgehead atoms. The average molecular weight is 450 g/mol. The molecule has 2 aromatic rings. The largest absolute Gasteiger partial charge is 0.325 e. The van der Waals surface area contributed by atoms with Gasteiger partial charge in [0.2, 0.25) is 15.9 Å². The summed E-state index contributed by atoms with van der Waals surface area (Å²) in [7, 11) is -3.59. The van der Waals surface area contributed by atoms with E-state index in [1.54, 1.807) is 18.2 Å². The van der Waals surface area contributed by atoms with Gasteiger partial charge in [0.05, 0.1) is 10.9 Å². The number of rotatable bonds is 6. The molecule has 0 unspecified atom stereocenters. The Kier molecular flexibility index (Phi) is 7.18. The lowest BCUT2D eigenvalue weighted by Gasteiger charge is -2.36. The number of hydrogen-bond acceptors (Lipinski definition) is 4. The Morgan fingerprint density at radius 3 is 2.20 bits per heavy atom. The van der Waals surface area contributed by atoms with E-state index in [4.69, 9.17) is 11.6 Å². The molecule has 1 aliphatic heterocycles. The van der Waals surface area contributed by atoms with Crippen LogP contribution >= 0.6 is 11.6 Å². The molecule has 30 heavy (non-hydrogen) atoms. The van der Waals surface area contributed by atoms with Crippen molar-refractivity contribution in [1.82, 2.24) is 9.21 Å². The van der Waals surface area contributed by atoms with Gasteiger partial charge in [-0.2, -0.15) is 4.31 Å². The number of carbonyl (C=O) groups excluding carboxylic acids is 1. The lowest BCUT2D eigenvalue weighted by atomic mass is 10.0. The zero-order valence-corrected chi connectivity index (χ0v) is 19.1. The maximum absolute atomic E-state index is 12.8. The first-order valence-corrected chi connectivity index (χ1v) is 11.9. The SMILES string of the molecule is CC(C)c1ccc(NC(=O)[C@@H](C)N2CCN(S(=O)(=O)c3cccc(Cl)c3)CC2)cc1. The molecule has 0 aliphatic carbocycles. The lowest BCUT2D eigenvalue weighted by Crippen LogP contribution is -2.53. The summed E-state index contributed by atoms with van der Waals surface area (Å²) >= 11 is 5.94. The first-order chi connectivity index (χ1) is 14.2. The van der Waals surface area contributed by atoms with Crippen LogP contribution in [0, 0.1) is 0 Å². The van der Waals surface area contributed by atoms with E-state index < -0.39 is 10.0 Å². The number of nitrogens with zero attached hydrogens (tertiary/aromatic N) is 2. The van der Waals surface area contributed by atoms with E-state index in [9.17, 15) is 13.2 Å². The quantitative estimate of drug-likeness (QED) is 0.728. The van der Waals surface area contributed by atoms with Gasteiger partial charge in [0.15, 0.2) is 0 Å². The minimum atomic E-state index is -3.59. The van der Waals surface area contributed by atoms with Crippen LogP contribution in [0.2, 0.25) is 5.02 Å². The number of benzene rings is 2. The molecular formula is C22H28ClN3O3S. The maximum atomic E-state index is 12.8. The second-order valence-corrected chi connectivity index (χ2v) is 10.2. The van der Waals surface area contributed by atoms with Gasteiger partial charge in [-0.05, 0) is 48.7 Å². The molecule has 2 aromatic carbocycles. The lowest BCUT2D eigenvalue weighted by molar-refractivity contribution is -0.121. The van der Waals surface area contributed by atoms with Gasteiger partial charge in [-0.25, -0.2) is 8.42 Å². The van der Waals surface area contributed by atoms with Gasteiger partial charge >= 0.3 is 0 Å². The smallest absolute Gasteiger partial charge is 0.243 e. The molecule has 0 aromatic heterocycles. The Bertz CT molecular complexity index is 985. The fraction of sp³-hybridized carbons (Fsp3) is 0.409. The summed E-state index contributed by atoms with van der Waals surface area (Å²) in [5, 5.41) is 3.34. The molecule has 3 rings (SSSR count). The second-order valence-electron chi connectivity index (χ2n) is 7.84. The van der Waals surface area contributed by atoms with E-state index in [0.29, 0.717) is 37.1 Å². The summed E-state index contributed by atoms with van der Waals surface area (Å²) in [6.45, 7) is 7.73. The van der Waals surface area contributed by atoms with Gasteiger partial charge in [0, 0.05) is 36.9 Å². The number of amides is 1. The molecule has 8 heteroatoms. The molecule has 162 valence electrons. The summed E-state index contributed by atoms with van der Waals surface area (Å²) in [6, 6.07) is 13.8. The van der Waals surface area contributed by atoms with Crippen LogP contribution in [-0.4, -0.2) is 55.8 Å². The second kappa shape index (κ2) is 9.47. The normalized spacial score (nSPS) is 17.1. The molecule has 0 spiro atoms. The van der Waals surface area contributed by atoms with Crippen LogP contribution in [0.15, 0.2) is 53.4 Å². The highest BCUT2D eigenvalue weighted by atomic mass is 35.5. The van der Waals surface area contributed by atoms with Crippen LogP contribution in [0.3, 0.4) is 0 Å². The zero-order chi connectivity index (χ0) is 21.9. The van der Waals surface area contributed by atoms with Crippen molar-refractivity contribution in [2.75, 3.05) is 31.5 Å². The minimum absolute atomic E-state index is 0.0987. The van der Waals surface area contributed by atoms with Crippen molar-refractivity contribution in [3.05, 3.63) is 59.1 Å². The molecule has 1 heterocycles. The molecule has 0 radical (unpaired) electrons. The van der Waals surface area contributed by atoms with Crippen LogP contribution in [0.25, 0.3) is 0 Å². The van der Waals surface area contributed by atoms with E-state index in [0.717, 1.165) is 5.69 Å². The number of hydrogen-bond donors (Lipinski definition) is 1. The number of sulfonamides is 1. The molecule has 1 saturated heterocycles. The van der Waals surface area contributed by atoms with Gasteiger partial charge < -0.3 is 5.32 Å². The van der Waals surface area contributed by atoms with Crippen molar-refractivity contribution in [3.8, 4) is 0 Å². The van der Waals surface area contributed by atoms with E-state index in [-0.39, 0.29) is 16.8 Å². The Hall–Kier alpha value is -1.93.